The smallest absolute Gasteiger partial charge is 0.154 e. The van der Waals surface area contributed by atoms with Gasteiger partial charge in [0.25, 0.3) is 0 Å². The molecule has 0 fully saturated rings. The van der Waals surface area contributed by atoms with Crippen LogP contribution in [-0.4, -0.2) is 27.9 Å². The number of hydrogen-bond acceptors (Lipinski definition) is 3. The molecule has 0 bridgehead atoms. The summed E-state index contributed by atoms with van der Waals surface area (Å²) < 4.78 is 1.71. The van der Waals surface area contributed by atoms with Crippen molar-refractivity contribution in [3.63, 3.8) is 0 Å². The molecule has 1 unspecified atom stereocenters. The molecule has 92 valence electrons. The largest absolute Gasteiger partial charge is 0.392 e. The van der Waals surface area contributed by atoms with Crippen LogP contribution in [0.3, 0.4) is 0 Å². The molecule has 0 saturated heterocycles. The van der Waals surface area contributed by atoms with E-state index in [-0.39, 0.29) is 6.61 Å². The maximum Gasteiger partial charge on any atom is 0.154 e. The molecule has 1 atom stereocenters. The number of aryl methyl sites for hydroxylation is 1. The molecule has 1 aromatic heterocycles. The molecule has 1 heterocycles. The Hall–Kier alpha value is -1.36. The van der Waals surface area contributed by atoms with E-state index in [1.165, 1.54) is 5.56 Å². The van der Waals surface area contributed by atoms with Gasteiger partial charge in [-0.25, -0.2) is 0 Å². The predicted octanol–water partition coefficient (Wildman–Crippen LogP) is 1.02. The molecule has 0 saturated carbocycles. The van der Waals surface area contributed by atoms with E-state index in [2.05, 4.69) is 0 Å². The predicted molar refractivity (Wildman–Crippen MR) is 67.7 cm³/mol. The number of hydrogen-bond donors (Lipinski definition) is 3. The highest BCUT2D eigenvalue weighted by atomic mass is 16.3. The SMILES string of the molecule is NCCCc1cn(C(O)CO)c2ccccc12. The average molecular weight is 234 g/mol. The number of fused-ring (bicyclic) bond motifs is 1. The molecule has 4 nitrogen and oxygen atoms in total. The van der Waals surface area contributed by atoms with Gasteiger partial charge in [0.15, 0.2) is 6.23 Å². The minimum atomic E-state index is -0.883. The van der Waals surface area contributed by atoms with Gasteiger partial charge in [-0.05, 0) is 31.0 Å². The van der Waals surface area contributed by atoms with E-state index in [9.17, 15) is 5.11 Å². The Kier molecular flexibility index (Phi) is 3.78. The summed E-state index contributed by atoms with van der Waals surface area (Å²) in [4.78, 5) is 0. The molecule has 4 heteroatoms. The topological polar surface area (TPSA) is 71.4 Å². The lowest BCUT2D eigenvalue weighted by Gasteiger charge is -2.10. The molecule has 17 heavy (non-hydrogen) atoms. The molecule has 2 aromatic rings. The van der Waals surface area contributed by atoms with Gasteiger partial charge in [0.05, 0.1) is 12.1 Å². The lowest BCUT2D eigenvalue weighted by molar-refractivity contribution is 0.0426. The third kappa shape index (κ3) is 2.34. The lowest BCUT2D eigenvalue weighted by atomic mass is 10.1. The fourth-order valence-electron chi connectivity index (χ4n) is 2.10. The highest BCUT2D eigenvalue weighted by Crippen LogP contribution is 2.24. The van der Waals surface area contributed by atoms with Crippen molar-refractivity contribution < 1.29 is 10.2 Å². The summed E-state index contributed by atoms with van der Waals surface area (Å²) in [6, 6.07) is 7.88. The van der Waals surface area contributed by atoms with Gasteiger partial charge in [0, 0.05) is 11.6 Å². The molecule has 4 N–H and O–H groups in total. The van der Waals surface area contributed by atoms with Crippen LogP contribution in [0.15, 0.2) is 30.5 Å². The first-order valence-electron chi connectivity index (χ1n) is 5.85. The third-order valence-electron chi connectivity index (χ3n) is 2.96. The van der Waals surface area contributed by atoms with Crippen LogP contribution in [0, 0.1) is 0 Å². The number of aliphatic hydroxyl groups excluding tert-OH is 2. The maximum atomic E-state index is 9.75. The number of benzene rings is 1. The van der Waals surface area contributed by atoms with Gasteiger partial charge in [0.2, 0.25) is 0 Å². The fraction of sp³-hybridized carbons (Fsp3) is 0.385. The van der Waals surface area contributed by atoms with E-state index in [1.807, 2.05) is 30.5 Å². The lowest BCUT2D eigenvalue weighted by Crippen LogP contribution is -2.10. The van der Waals surface area contributed by atoms with Crippen molar-refractivity contribution in [2.24, 2.45) is 5.73 Å². The van der Waals surface area contributed by atoms with E-state index in [0.717, 1.165) is 23.7 Å². The van der Waals surface area contributed by atoms with E-state index >= 15 is 0 Å². The second kappa shape index (κ2) is 5.31. The summed E-state index contributed by atoms with van der Waals surface area (Å²) in [5, 5.41) is 19.9. The van der Waals surface area contributed by atoms with Gasteiger partial charge in [0.1, 0.15) is 0 Å². The van der Waals surface area contributed by atoms with Crippen molar-refractivity contribution in [2.45, 2.75) is 19.1 Å². The molecule has 0 aliphatic heterocycles. The molecule has 2 rings (SSSR count). The number of aliphatic hydroxyl groups is 2. The molecule has 0 aliphatic carbocycles. The zero-order valence-corrected chi connectivity index (χ0v) is 9.71. The molecule has 0 radical (unpaired) electrons. The number of rotatable bonds is 5. The number of para-hydroxylation sites is 1. The summed E-state index contributed by atoms with van der Waals surface area (Å²) in [5.74, 6) is 0. The van der Waals surface area contributed by atoms with Crippen LogP contribution in [0.1, 0.15) is 18.2 Å². The Bertz CT molecular complexity index is 493. The quantitative estimate of drug-likeness (QED) is 0.723. The van der Waals surface area contributed by atoms with Crippen LogP contribution < -0.4 is 5.73 Å². The third-order valence-corrected chi connectivity index (χ3v) is 2.96. The van der Waals surface area contributed by atoms with Crippen molar-refractivity contribution in [1.29, 1.82) is 0 Å². The highest BCUT2D eigenvalue weighted by molar-refractivity contribution is 5.84. The minimum absolute atomic E-state index is 0.283. The average Bonchev–Trinajstić information content (AvgIpc) is 2.74. The van der Waals surface area contributed by atoms with E-state index in [0.29, 0.717) is 6.54 Å². The Labute approximate surface area is 100 Å². The van der Waals surface area contributed by atoms with Crippen LogP contribution >= 0.6 is 0 Å². The van der Waals surface area contributed by atoms with Crippen molar-refractivity contribution in [2.75, 3.05) is 13.2 Å². The van der Waals surface area contributed by atoms with Gasteiger partial charge >= 0.3 is 0 Å². The van der Waals surface area contributed by atoms with E-state index in [1.54, 1.807) is 4.57 Å². The molecule has 0 amide bonds. The second-order valence-corrected chi connectivity index (χ2v) is 4.13. The van der Waals surface area contributed by atoms with Crippen LogP contribution in [-0.2, 0) is 6.42 Å². The normalized spacial score (nSPS) is 13.1. The molecular formula is C13H18N2O2. The summed E-state index contributed by atoms with van der Waals surface area (Å²) >= 11 is 0. The van der Waals surface area contributed by atoms with Crippen molar-refractivity contribution in [3.05, 3.63) is 36.0 Å². The number of nitrogens with two attached hydrogens (primary N) is 1. The summed E-state index contributed by atoms with van der Waals surface area (Å²) in [6.45, 7) is 0.372. The second-order valence-electron chi connectivity index (χ2n) is 4.13. The Balaban J connectivity index is 2.46. The number of aromatic nitrogens is 1. The van der Waals surface area contributed by atoms with Crippen LogP contribution in [0.2, 0.25) is 0 Å². The fourth-order valence-corrected chi connectivity index (χ4v) is 2.10. The Morgan fingerprint density at radius 1 is 1.29 bits per heavy atom. The van der Waals surface area contributed by atoms with Gasteiger partial charge < -0.3 is 20.5 Å². The standard InChI is InChI=1S/C13H18N2O2/c14-7-3-4-10-8-15(13(17)9-16)12-6-2-1-5-11(10)12/h1-2,5-6,8,13,16-17H,3-4,7,9,14H2. The summed E-state index contributed by atoms with van der Waals surface area (Å²) in [6.07, 6.45) is 2.83. The molecule has 0 spiro atoms. The molecule has 0 aliphatic rings. The van der Waals surface area contributed by atoms with E-state index in [4.69, 9.17) is 10.8 Å². The Morgan fingerprint density at radius 2 is 2.06 bits per heavy atom. The van der Waals surface area contributed by atoms with E-state index < -0.39 is 6.23 Å². The minimum Gasteiger partial charge on any atom is -0.392 e. The first-order valence-corrected chi connectivity index (χ1v) is 5.85. The van der Waals surface area contributed by atoms with Gasteiger partial charge in [-0.1, -0.05) is 18.2 Å². The van der Waals surface area contributed by atoms with Crippen LogP contribution in [0.4, 0.5) is 0 Å². The molecular weight excluding hydrogens is 216 g/mol. The summed E-state index contributed by atoms with van der Waals surface area (Å²) in [7, 11) is 0. The first kappa shape index (κ1) is 12.1. The maximum absolute atomic E-state index is 9.75. The van der Waals surface area contributed by atoms with Crippen LogP contribution in [0.5, 0.6) is 0 Å². The van der Waals surface area contributed by atoms with Crippen molar-refractivity contribution in [1.82, 2.24) is 4.57 Å². The summed E-state index contributed by atoms with van der Waals surface area (Å²) in [5.41, 5.74) is 7.63. The van der Waals surface area contributed by atoms with Gasteiger partial charge in [-0.15, -0.1) is 0 Å². The van der Waals surface area contributed by atoms with Crippen LogP contribution in [0.25, 0.3) is 10.9 Å². The van der Waals surface area contributed by atoms with Gasteiger partial charge in [-0.3, -0.25) is 0 Å². The van der Waals surface area contributed by atoms with Crippen molar-refractivity contribution >= 4 is 10.9 Å². The first-order chi connectivity index (χ1) is 8.27. The van der Waals surface area contributed by atoms with Gasteiger partial charge in [-0.2, -0.15) is 0 Å². The Morgan fingerprint density at radius 3 is 2.76 bits per heavy atom. The zero-order valence-electron chi connectivity index (χ0n) is 9.71. The molecule has 1 aromatic carbocycles. The highest BCUT2D eigenvalue weighted by Gasteiger charge is 2.12. The zero-order chi connectivity index (χ0) is 12.3. The number of nitrogens with zero attached hydrogens (tertiary/aromatic N) is 1. The monoisotopic (exact) mass is 234 g/mol. The van der Waals surface area contributed by atoms with Crippen molar-refractivity contribution in [3.8, 4) is 0 Å².